The highest BCUT2D eigenvalue weighted by Gasteiger charge is 2.52. The Morgan fingerprint density at radius 3 is 0.947 bits per heavy atom. The zero-order chi connectivity index (χ0) is 37.6. The van der Waals surface area contributed by atoms with Gasteiger partial charge in [0, 0.05) is 17.1 Å². The second-order valence-corrected chi connectivity index (χ2v) is 19.9. The molecule has 0 atom stereocenters. The van der Waals surface area contributed by atoms with Gasteiger partial charge in [0.2, 0.25) is 0 Å². The predicted molar refractivity (Wildman–Crippen MR) is 237 cm³/mol. The van der Waals surface area contributed by atoms with Crippen LogP contribution < -0.4 is 4.90 Å². The number of rotatable bonds is 8. The summed E-state index contributed by atoms with van der Waals surface area (Å²) in [5, 5.41) is 0. The SMILES string of the molecule is c1ccc(-c2ccc(N(c3ccc(-c4cccc(C56CC7CC(CC(C7)C5)C6)c4)cc3)c3ccc(-c4cccc(C56CC7CC(CC(C7)C5)C6)c4)cc3)cc2)cc1. The fourth-order valence-corrected chi connectivity index (χ4v) is 14.5. The van der Waals surface area contributed by atoms with Gasteiger partial charge >= 0.3 is 0 Å². The Kier molecular flexibility index (Phi) is 8.00. The highest BCUT2D eigenvalue weighted by Crippen LogP contribution is 2.62. The maximum absolute atomic E-state index is 2.55. The molecule has 8 aliphatic rings. The van der Waals surface area contributed by atoms with E-state index < -0.39 is 0 Å². The van der Waals surface area contributed by atoms with E-state index in [1.807, 2.05) is 0 Å². The molecule has 6 aromatic carbocycles. The van der Waals surface area contributed by atoms with Crippen molar-refractivity contribution in [3.63, 3.8) is 0 Å². The van der Waals surface area contributed by atoms with E-state index in [0.29, 0.717) is 10.8 Å². The Morgan fingerprint density at radius 2 is 0.596 bits per heavy atom. The van der Waals surface area contributed by atoms with E-state index in [2.05, 4.69) is 157 Å². The minimum absolute atomic E-state index is 0.412. The molecule has 8 saturated carbocycles. The van der Waals surface area contributed by atoms with Crippen molar-refractivity contribution in [3.8, 4) is 33.4 Å². The third-order valence-corrected chi connectivity index (χ3v) is 16.2. The molecule has 0 saturated heterocycles. The normalized spacial score (nSPS) is 30.5. The van der Waals surface area contributed by atoms with Crippen molar-refractivity contribution in [3.05, 3.63) is 163 Å². The first kappa shape index (κ1) is 34.2. The molecule has 1 nitrogen and oxygen atoms in total. The maximum atomic E-state index is 2.55. The Hall–Kier alpha value is -4.88. The molecule has 14 rings (SSSR count). The van der Waals surface area contributed by atoms with Gasteiger partial charge in [0.05, 0.1) is 0 Å². The van der Waals surface area contributed by atoms with Gasteiger partial charge < -0.3 is 4.90 Å². The molecule has 1 heteroatoms. The zero-order valence-electron chi connectivity index (χ0n) is 33.3. The van der Waals surface area contributed by atoms with E-state index in [1.54, 1.807) is 11.1 Å². The minimum atomic E-state index is 0.412. The third kappa shape index (κ3) is 6.02. The quantitative estimate of drug-likeness (QED) is 0.150. The van der Waals surface area contributed by atoms with Gasteiger partial charge in [-0.2, -0.15) is 0 Å². The second-order valence-electron chi connectivity index (χ2n) is 19.9. The van der Waals surface area contributed by atoms with Gasteiger partial charge in [0.15, 0.2) is 0 Å². The van der Waals surface area contributed by atoms with Crippen LogP contribution in [-0.2, 0) is 10.8 Å². The van der Waals surface area contributed by atoms with E-state index >= 15 is 0 Å². The zero-order valence-corrected chi connectivity index (χ0v) is 33.3. The Balaban J connectivity index is 0.863. The van der Waals surface area contributed by atoms with E-state index in [-0.39, 0.29) is 0 Å². The largest absolute Gasteiger partial charge is 0.311 e. The molecular formula is C56H55N. The lowest BCUT2D eigenvalue weighted by atomic mass is 9.48. The van der Waals surface area contributed by atoms with Crippen molar-refractivity contribution in [2.45, 2.75) is 87.9 Å². The highest BCUT2D eigenvalue weighted by atomic mass is 15.1. The lowest BCUT2D eigenvalue weighted by molar-refractivity contribution is -0.00528. The first-order chi connectivity index (χ1) is 28.0. The van der Waals surface area contributed by atoms with Crippen molar-refractivity contribution >= 4 is 17.1 Å². The molecule has 284 valence electrons. The number of hydrogen-bond acceptors (Lipinski definition) is 1. The van der Waals surface area contributed by atoms with Gasteiger partial charge in [0.25, 0.3) is 0 Å². The average molecular weight is 742 g/mol. The molecule has 0 amide bonds. The number of nitrogens with zero attached hydrogens (tertiary/aromatic N) is 1. The van der Waals surface area contributed by atoms with Crippen molar-refractivity contribution in [2.24, 2.45) is 35.5 Å². The lowest BCUT2D eigenvalue weighted by Crippen LogP contribution is -2.48. The van der Waals surface area contributed by atoms with Crippen LogP contribution in [0.15, 0.2) is 152 Å². The first-order valence-corrected chi connectivity index (χ1v) is 22.4. The van der Waals surface area contributed by atoms with E-state index in [0.717, 1.165) is 35.5 Å². The van der Waals surface area contributed by atoms with Crippen LogP contribution in [0.3, 0.4) is 0 Å². The molecule has 57 heavy (non-hydrogen) atoms. The van der Waals surface area contributed by atoms with Gasteiger partial charge in [-0.15, -0.1) is 0 Å². The lowest BCUT2D eigenvalue weighted by Gasteiger charge is -2.57. The van der Waals surface area contributed by atoms with Gasteiger partial charge in [-0.25, -0.2) is 0 Å². The Bertz CT molecular complexity index is 2200. The van der Waals surface area contributed by atoms with Crippen LogP contribution in [0.1, 0.15) is 88.2 Å². The van der Waals surface area contributed by atoms with Crippen LogP contribution in [0.4, 0.5) is 17.1 Å². The Labute approximate surface area is 340 Å². The van der Waals surface area contributed by atoms with E-state index in [4.69, 9.17) is 0 Å². The van der Waals surface area contributed by atoms with Gasteiger partial charge in [0.1, 0.15) is 0 Å². The van der Waals surface area contributed by atoms with Gasteiger partial charge in [-0.1, -0.05) is 115 Å². The number of benzene rings is 6. The topological polar surface area (TPSA) is 3.24 Å². The van der Waals surface area contributed by atoms with Crippen molar-refractivity contribution < 1.29 is 0 Å². The molecule has 0 aromatic heterocycles. The van der Waals surface area contributed by atoms with E-state index in [1.165, 1.54) is 127 Å². The molecule has 0 heterocycles. The third-order valence-electron chi connectivity index (χ3n) is 16.2. The monoisotopic (exact) mass is 741 g/mol. The number of anilines is 3. The molecule has 8 fully saturated rings. The first-order valence-electron chi connectivity index (χ1n) is 22.4. The Morgan fingerprint density at radius 1 is 0.298 bits per heavy atom. The molecule has 8 aliphatic carbocycles. The smallest absolute Gasteiger partial charge is 0.0462 e. The van der Waals surface area contributed by atoms with Crippen molar-refractivity contribution in [1.29, 1.82) is 0 Å². The maximum Gasteiger partial charge on any atom is 0.0462 e. The standard InChI is InChI=1S/C56H55N/c1-2-6-44(7-3-1)45-12-18-52(19-13-45)57(53-20-14-46(15-21-53)48-8-4-10-50(30-48)55-32-38-24-39(33-55)26-40(25-38)34-55)54-22-16-47(17-23-54)49-9-5-11-51(31-49)56-35-41-27-42(36-56)29-43(28-41)37-56/h1-23,30-31,38-43H,24-29,32-37H2. The van der Waals surface area contributed by atoms with Crippen LogP contribution in [-0.4, -0.2) is 0 Å². The summed E-state index contributed by atoms with van der Waals surface area (Å²) in [7, 11) is 0. The molecular weight excluding hydrogens is 687 g/mol. The van der Waals surface area contributed by atoms with Crippen LogP contribution >= 0.6 is 0 Å². The fraction of sp³-hybridized carbons (Fsp3) is 0.357. The molecule has 8 bridgehead atoms. The van der Waals surface area contributed by atoms with Crippen molar-refractivity contribution in [2.75, 3.05) is 4.90 Å². The molecule has 0 unspecified atom stereocenters. The molecule has 0 spiro atoms. The van der Waals surface area contributed by atoms with Crippen LogP contribution in [0, 0.1) is 35.5 Å². The number of hydrogen-bond donors (Lipinski definition) is 0. The van der Waals surface area contributed by atoms with Crippen LogP contribution in [0.25, 0.3) is 33.4 Å². The summed E-state index contributed by atoms with van der Waals surface area (Å²) < 4.78 is 0. The summed E-state index contributed by atoms with van der Waals surface area (Å²) in [6, 6.07) is 57.9. The molecule has 0 aliphatic heterocycles. The van der Waals surface area contributed by atoms with Crippen LogP contribution in [0.2, 0.25) is 0 Å². The molecule has 0 N–H and O–H groups in total. The average Bonchev–Trinajstić information content (AvgIpc) is 3.24. The highest BCUT2D eigenvalue weighted by molar-refractivity contribution is 5.81. The summed E-state index contributed by atoms with van der Waals surface area (Å²) in [5.74, 6) is 5.74. The second kappa shape index (κ2) is 13.3. The summed E-state index contributed by atoms with van der Waals surface area (Å²) in [6.07, 6.45) is 17.4. The van der Waals surface area contributed by atoms with Crippen LogP contribution in [0.5, 0.6) is 0 Å². The minimum Gasteiger partial charge on any atom is -0.311 e. The van der Waals surface area contributed by atoms with Gasteiger partial charge in [-0.3, -0.25) is 0 Å². The molecule has 6 aromatic rings. The van der Waals surface area contributed by atoms with Gasteiger partial charge in [-0.05, 0) is 204 Å². The predicted octanol–water partition coefficient (Wildman–Crippen LogP) is 15.1. The fourth-order valence-electron chi connectivity index (χ4n) is 14.5. The van der Waals surface area contributed by atoms with Crippen molar-refractivity contribution in [1.82, 2.24) is 0 Å². The van der Waals surface area contributed by atoms with E-state index in [9.17, 15) is 0 Å². The summed E-state index contributed by atoms with van der Waals surface area (Å²) in [4.78, 5) is 2.43. The summed E-state index contributed by atoms with van der Waals surface area (Å²) >= 11 is 0. The summed E-state index contributed by atoms with van der Waals surface area (Å²) in [5.41, 5.74) is 15.4. The molecule has 0 radical (unpaired) electrons. The summed E-state index contributed by atoms with van der Waals surface area (Å²) in [6.45, 7) is 0.